The minimum absolute atomic E-state index is 0.180. The lowest BCUT2D eigenvalue weighted by Gasteiger charge is -2.28. The van der Waals surface area contributed by atoms with Crippen LogP contribution >= 0.6 is 0 Å². The van der Waals surface area contributed by atoms with Crippen molar-refractivity contribution >= 4 is 11.6 Å². The summed E-state index contributed by atoms with van der Waals surface area (Å²) >= 11 is 0. The average Bonchev–Trinajstić information content (AvgIpc) is 2.87. The third-order valence-electron chi connectivity index (χ3n) is 3.94. The predicted molar refractivity (Wildman–Crippen MR) is 79.7 cm³/mol. The van der Waals surface area contributed by atoms with Gasteiger partial charge < -0.3 is 9.80 Å². The van der Waals surface area contributed by atoms with E-state index in [0.29, 0.717) is 12.0 Å². The molecular weight excluding hydrogens is 236 g/mol. The molecule has 19 heavy (non-hydrogen) atoms. The molecule has 1 fully saturated rings. The van der Waals surface area contributed by atoms with Gasteiger partial charge in [-0.3, -0.25) is 4.79 Å². The predicted octanol–water partition coefficient (Wildman–Crippen LogP) is 3.01. The topological polar surface area (TPSA) is 23.6 Å². The third-order valence-corrected chi connectivity index (χ3v) is 3.94. The molecule has 1 aliphatic heterocycles. The van der Waals surface area contributed by atoms with Crippen LogP contribution in [0, 0.1) is 5.92 Å². The monoisotopic (exact) mass is 260 g/mol. The number of benzene rings is 1. The zero-order valence-electron chi connectivity index (χ0n) is 12.4. The molecule has 104 valence electrons. The highest BCUT2D eigenvalue weighted by atomic mass is 16.2. The van der Waals surface area contributed by atoms with Gasteiger partial charge in [-0.25, -0.2) is 0 Å². The molecule has 1 saturated heterocycles. The van der Waals surface area contributed by atoms with Crippen LogP contribution in [0.4, 0.5) is 5.69 Å². The Morgan fingerprint density at radius 2 is 2.11 bits per heavy atom. The lowest BCUT2D eigenvalue weighted by molar-refractivity contribution is 0.0701. The van der Waals surface area contributed by atoms with Crippen molar-refractivity contribution in [3.8, 4) is 0 Å². The molecule has 0 aromatic heterocycles. The fourth-order valence-electron chi connectivity index (χ4n) is 2.82. The molecule has 1 heterocycles. The first-order valence-corrected chi connectivity index (χ1v) is 7.09. The fourth-order valence-corrected chi connectivity index (χ4v) is 2.82. The van der Waals surface area contributed by atoms with Crippen LogP contribution in [0.2, 0.25) is 0 Å². The van der Waals surface area contributed by atoms with Crippen molar-refractivity contribution in [2.45, 2.75) is 32.7 Å². The van der Waals surface area contributed by atoms with E-state index >= 15 is 0 Å². The lowest BCUT2D eigenvalue weighted by atomic mass is 10.0. The normalized spacial score (nSPS) is 19.0. The first-order chi connectivity index (χ1) is 9.00. The van der Waals surface area contributed by atoms with Gasteiger partial charge in [-0.15, -0.1) is 0 Å². The molecular formula is C16H24N2O. The van der Waals surface area contributed by atoms with Crippen molar-refractivity contribution in [2.75, 3.05) is 25.5 Å². The van der Waals surface area contributed by atoms with Crippen LogP contribution in [0.25, 0.3) is 0 Å². The number of hydrogen-bond acceptors (Lipinski definition) is 2. The van der Waals surface area contributed by atoms with Crippen LogP contribution in [0.3, 0.4) is 0 Å². The van der Waals surface area contributed by atoms with Gasteiger partial charge in [0.1, 0.15) is 0 Å². The Bertz CT molecular complexity index is 454. The van der Waals surface area contributed by atoms with E-state index in [2.05, 4.69) is 18.7 Å². The quantitative estimate of drug-likeness (QED) is 0.834. The van der Waals surface area contributed by atoms with Gasteiger partial charge in [0.05, 0.1) is 0 Å². The molecule has 1 aromatic rings. The molecule has 1 amide bonds. The van der Waals surface area contributed by atoms with Crippen LogP contribution in [0.5, 0.6) is 0 Å². The second-order valence-corrected chi connectivity index (χ2v) is 5.90. The minimum atomic E-state index is 0.180. The number of anilines is 1. The summed E-state index contributed by atoms with van der Waals surface area (Å²) in [4.78, 5) is 16.7. The number of likely N-dealkylation sites (tertiary alicyclic amines) is 1. The number of amides is 1. The van der Waals surface area contributed by atoms with Crippen LogP contribution in [0.1, 0.15) is 37.0 Å². The molecule has 2 rings (SSSR count). The number of rotatable bonds is 3. The maximum Gasteiger partial charge on any atom is 0.254 e. The minimum Gasteiger partial charge on any atom is -0.378 e. The first kappa shape index (κ1) is 13.9. The molecule has 3 nitrogen and oxygen atoms in total. The van der Waals surface area contributed by atoms with E-state index in [1.165, 1.54) is 0 Å². The van der Waals surface area contributed by atoms with Gasteiger partial charge in [-0.05, 0) is 37.0 Å². The zero-order valence-corrected chi connectivity index (χ0v) is 12.4. The molecule has 1 unspecified atom stereocenters. The zero-order chi connectivity index (χ0) is 14.0. The summed E-state index contributed by atoms with van der Waals surface area (Å²) in [5, 5.41) is 0. The first-order valence-electron chi connectivity index (χ1n) is 7.09. The second kappa shape index (κ2) is 5.64. The maximum atomic E-state index is 12.6. The molecule has 0 radical (unpaired) electrons. The highest BCUT2D eigenvalue weighted by Gasteiger charge is 2.31. The van der Waals surface area contributed by atoms with Crippen molar-refractivity contribution in [3.05, 3.63) is 29.8 Å². The smallest absolute Gasteiger partial charge is 0.254 e. The molecule has 0 bridgehead atoms. The Balaban J connectivity index is 2.21. The summed E-state index contributed by atoms with van der Waals surface area (Å²) in [6.45, 7) is 5.30. The summed E-state index contributed by atoms with van der Waals surface area (Å²) in [7, 11) is 3.99. The van der Waals surface area contributed by atoms with Crippen molar-refractivity contribution in [1.82, 2.24) is 4.90 Å². The summed E-state index contributed by atoms with van der Waals surface area (Å²) < 4.78 is 0. The van der Waals surface area contributed by atoms with Crippen molar-refractivity contribution in [2.24, 2.45) is 5.92 Å². The average molecular weight is 260 g/mol. The van der Waals surface area contributed by atoms with Crippen molar-refractivity contribution in [1.29, 1.82) is 0 Å². The molecule has 1 aromatic carbocycles. The molecule has 0 spiro atoms. The van der Waals surface area contributed by atoms with E-state index in [0.717, 1.165) is 30.6 Å². The summed E-state index contributed by atoms with van der Waals surface area (Å²) in [5.41, 5.74) is 1.88. The SMILES string of the molecule is CC(C)C1CCCN1C(=O)c1cccc(N(C)C)c1. The number of hydrogen-bond donors (Lipinski definition) is 0. The number of carbonyl (C=O) groups is 1. The molecule has 1 atom stereocenters. The summed E-state index contributed by atoms with van der Waals surface area (Å²) in [6, 6.07) is 8.29. The van der Waals surface area contributed by atoms with E-state index in [1.54, 1.807) is 0 Å². The van der Waals surface area contributed by atoms with Gasteiger partial charge in [-0.2, -0.15) is 0 Å². The number of nitrogens with zero attached hydrogens (tertiary/aromatic N) is 2. The van der Waals surface area contributed by atoms with Gasteiger partial charge >= 0.3 is 0 Å². The molecule has 0 aliphatic carbocycles. The van der Waals surface area contributed by atoms with Crippen LogP contribution in [-0.2, 0) is 0 Å². The van der Waals surface area contributed by atoms with Crippen LogP contribution < -0.4 is 4.90 Å². The van der Waals surface area contributed by atoms with Crippen molar-refractivity contribution < 1.29 is 4.79 Å². The van der Waals surface area contributed by atoms with Crippen molar-refractivity contribution in [3.63, 3.8) is 0 Å². The Morgan fingerprint density at radius 3 is 2.74 bits per heavy atom. The molecule has 0 saturated carbocycles. The summed E-state index contributed by atoms with van der Waals surface area (Å²) in [6.07, 6.45) is 2.26. The Labute approximate surface area is 116 Å². The maximum absolute atomic E-state index is 12.6. The number of carbonyl (C=O) groups excluding carboxylic acids is 1. The lowest BCUT2D eigenvalue weighted by Crippen LogP contribution is -2.38. The van der Waals surface area contributed by atoms with E-state index in [1.807, 2.05) is 43.3 Å². The van der Waals surface area contributed by atoms with Gasteiger partial charge in [0, 0.05) is 37.9 Å². The molecule has 3 heteroatoms. The van der Waals surface area contributed by atoms with Crippen LogP contribution in [0.15, 0.2) is 24.3 Å². The standard InChI is InChI=1S/C16H24N2O/c1-12(2)15-9-6-10-18(15)16(19)13-7-5-8-14(11-13)17(3)4/h5,7-8,11-12,15H,6,9-10H2,1-4H3. The summed E-state index contributed by atoms with van der Waals surface area (Å²) in [5.74, 6) is 0.711. The highest BCUT2D eigenvalue weighted by molar-refractivity contribution is 5.95. The largest absolute Gasteiger partial charge is 0.378 e. The second-order valence-electron chi connectivity index (χ2n) is 5.90. The van der Waals surface area contributed by atoms with E-state index in [-0.39, 0.29) is 5.91 Å². The Hall–Kier alpha value is -1.51. The Morgan fingerprint density at radius 1 is 1.37 bits per heavy atom. The highest BCUT2D eigenvalue weighted by Crippen LogP contribution is 2.26. The molecule has 1 aliphatic rings. The van der Waals surface area contributed by atoms with Crippen LogP contribution in [-0.4, -0.2) is 37.5 Å². The van der Waals surface area contributed by atoms with Gasteiger partial charge in [0.15, 0.2) is 0 Å². The third kappa shape index (κ3) is 2.91. The van der Waals surface area contributed by atoms with E-state index < -0.39 is 0 Å². The van der Waals surface area contributed by atoms with Gasteiger partial charge in [0.2, 0.25) is 0 Å². The Kier molecular flexibility index (Phi) is 4.13. The van der Waals surface area contributed by atoms with Gasteiger partial charge in [-0.1, -0.05) is 19.9 Å². The van der Waals surface area contributed by atoms with E-state index in [9.17, 15) is 4.79 Å². The molecule has 0 N–H and O–H groups in total. The van der Waals surface area contributed by atoms with Gasteiger partial charge in [0.25, 0.3) is 5.91 Å². The van der Waals surface area contributed by atoms with E-state index in [4.69, 9.17) is 0 Å². The fraction of sp³-hybridized carbons (Fsp3) is 0.562.